The molecule has 1 fully saturated rings. The first kappa shape index (κ1) is 15.5. The van der Waals surface area contributed by atoms with Crippen LogP contribution in [0.25, 0.3) is 0 Å². The molecule has 2 heterocycles. The molecule has 0 aromatic carbocycles. The summed E-state index contributed by atoms with van der Waals surface area (Å²) < 4.78 is 1.67. The van der Waals surface area contributed by atoms with Crippen molar-refractivity contribution in [3.05, 3.63) is 18.0 Å². The molecule has 1 saturated heterocycles. The van der Waals surface area contributed by atoms with E-state index in [0.29, 0.717) is 13.0 Å². The summed E-state index contributed by atoms with van der Waals surface area (Å²) in [5.41, 5.74) is 0.821. The van der Waals surface area contributed by atoms with Gasteiger partial charge in [0.1, 0.15) is 6.04 Å². The third kappa shape index (κ3) is 3.81. The quantitative estimate of drug-likeness (QED) is 0.762. The number of nitrogens with zero attached hydrogens (tertiary/aromatic N) is 3. The summed E-state index contributed by atoms with van der Waals surface area (Å²) in [5.74, 6) is 0.0678. The molecule has 2 atom stereocenters. The minimum absolute atomic E-state index is 0.0768. The van der Waals surface area contributed by atoms with Gasteiger partial charge in [-0.3, -0.25) is 14.3 Å². The van der Waals surface area contributed by atoms with E-state index in [1.54, 1.807) is 17.9 Å². The fourth-order valence-electron chi connectivity index (χ4n) is 2.64. The van der Waals surface area contributed by atoms with Gasteiger partial charge in [-0.15, -0.1) is 0 Å². The van der Waals surface area contributed by atoms with E-state index < -0.39 is 6.04 Å². The molecule has 0 radical (unpaired) electrons. The number of aryl methyl sites for hydroxylation is 1. The molecule has 2 N–H and O–H groups in total. The lowest BCUT2D eigenvalue weighted by atomic mass is 10.1. The average molecular weight is 293 g/mol. The number of hydrogen-bond acceptors (Lipinski definition) is 4. The van der Waals surface area contributed by atoms with Crippen molar-refractivity contribution in [3.8, 4) is 0 Å². The van der Waals surface area contributed by atoms with E-state index in [2.05, 4.69) is 15.7 Å². The zero-order valence-electron chi connectivity index (χ0n) is 12.8. The number of nitrogens with one attached hydrogen (secondary N) is 2. The molecule has 2 amide bonds. The van der Waals surface area contributed by atoms with Gasteiger partial charge in [0.15, 0.2) is 0 Å². The summed E-state index contributed by atoms with van der Waals surface area (Å²) >= 11 is 0. The van der Waals surface area contributed by atoms with Gasteiger partial charge in [0.2, 0.25) is 11.8 Å². The fourth-order valence-corrected chi connectivity index (χ4v) is 2.64. The van der Waals surface area contributed by atoms with Gasteiger partial charge in [0.05, 0.1) is 6.20 Å². The first-order valence-electron chi connectivity index (χ1n) is 7.25. The number of amides is 2. The SMILES string of the molecule is CNC(C(=O)NC(C)CN1CCCC1=O)c1cnn(C)c1. The lowest BCUT2D eigenvalue weighted by molar-refractivity contribution is -0.129. The van der Waals surface area contributed by atoms with Crippen LogP contribution >= 0.6 is 0 Å². The van der Waals surface area contributed by atoms with E-state index in [1.807, 2.05) is 25.1 Å². The highest BCUT2D eigenvalue weighted by Crippen LogP contribution is 2.13. The molecule has 1 aliphatic rings. The van der Waals surface area contributed by atoms with Gasteiger partial charge in [0.25, 0.3) is 0 Å². The number of aromatic nitrogens is 2. The Bertz CT molecular complexity index is 513. The molecule has 2 unspecified atom stereocenters. The maximum absolute atomic E-state index is 12.3. The molecule has 7 nitrogen and oxygen atoms in total. The van der Waals surface area contributed by atoms with E-state index in [1.165, 1.54) is 0 Å². The van der Waals surface area contributed by atoms with E-state index >= 15 is 0 Å². The van der Waals surface area contributed by atoms with Crippen LogP contribution in [0.4, 0.5) is 0 Å². The Morgan fingerprint density at radius 3 is 2.81 bits per heavy atom. The Morgan fingerprint density at radius 2 is 2.29 bits per heavy atom. The third-order valence-corrected chi connectivity index (χ3v) is 3.66. The maximum Gasteiger partial charge on any atom is 0.242 e. The second-order valence-corrected chi connectivity index (χ2v) is 5.52. The van der Waals surface area contributed by atoms with Crippen molar-refractivity contribution in [3.63, 3.8) is 0 Å². The molecule has 0 spiro atoms. The molecular formula is C14H23N5O2. The van der Waals surface area contributed by atoms with E-state index in [0.717, 1.165) is 18.5 Å². The molecule has 1 aliphatic heterocycles. The minimum Gasteiger partial charge on any atom is -0.350 e. The topological polar surface area (TPSA) is 79.3 Å². The van der Waals surface area contributed by atoms with Crippen LogP contribution in [0.2, 0.25) is 0 Å². The molecule has 2 rings (SSSR count). The predicted octanol–water partition coefficient (Wildman–Crippen LogP) is -0.192. The number of hydrogen-bond donors (Lipinski definition) is 2. The fraction of sp³-hybridized carbons (Fsp3) is 0.643. The Balaban J connectivity index is 1.91. The highest BCUT2D eigenvalue weighted by atomic mass is 16.2. The molecule has 1 aromatic heterocycles. The zero-order chi connectivity index (χ0) is 15.4. The zero-order valence-corrected chi connectivity index (χ0v) is 12.8. The van der Waals surface area contributed by atoms with Crippen LogP contribution in [-0.4, -0.2) is 52.7 Å². The van der Waals surface area contributed by atoms with Crippen molar-refractivity contribution in [2.45, 2.75) is 31.8 Å². The lowest BCUT2D eigenvalue weighted by Gasteiger charge is -2.23. The molecule has 0 aliphatic carbocycles. The highest BCUT2D eigenvalue weighted by molar-refractivity contribution is 5.83. The monoisotopic (exact) mass is 293 g/mol. The van der Waals surface area contributed by atoms with Gasteiger partial charge in [-0.1, -0.05) is 0 Å². The maximum atomic E-state index is 12.3. The lowest BCUT2D eigenvalue weighted by Crippen LogP contribution is -2.46. The van der Waals surface area contributed by atoms with Crippen molar-refractivity contribution in [2.24, 2.45) is 7.05 Å². The van der Waals surface area contributed by atoms with Crippen LogP contribution in [0.1, 0.15) is 31.4 Å². The van der Waals surface area contributed by atoms with Gasteiger partial charge in [0, 0.05) is 44.4 Å². The van der Waals surface area contributed by atoms with Gasteiger partial charge in [-0.05, 0) is 20.4 Å². The number of carbonyl (C=O) groups excluding carboxylic acids is 2. The van der Waals surface area contributed by atoms with Gasteiger partial charge >= 0.3 is 0 Å². The average Bonchev–Trinajstić information content (AvgIpc) is 3.00. The van der Waals surface area contributed by atoms with Gasteiger partial charge in [-0.25, -0.2) is 0 Å². The summed E-state index contributed by atoms with van der Waals surface area (Å²) in [5, 5.41) is 10.0. The van der Waals surface area contributed by atoms with Crippen molar-refractivity contribution in [1.29, 1.82) is 0 Å². The number of carbonyl (C=O) groups is 2. The predicted molar refractivity (Wildman–Crippen MR) is 78.4 cm³/mol. The van der Waals surface area contributed by atoms with Crippen molar-refractivity contribution < 1.29 is 9.59 Å². The first-order valence-corrected chi connectivity index (χ1v) is 7.25. The Hall–Kier alpha value is -1.89. The summed E-state index contributed by atoms with van der Waals surface area (Å²) in [6, 6.07) is -0.512. The van der Waals surface area contributed by atoms with E-state index in [9.17, 15) is 9.59 Å². The van der Waals surface area contributed by atoms with E-state index in [4.69, 9.17) is 0 Å². The number of likely N-dealkylation sites (N-methyl/N-ethyl adjacent to an activating group) is 1. The molecule has 21 heavy (non-hydrogen) atoms. The first-order chi connectivity index (χ1) is 10.0. The minimum atomic E-state index is -0.435. The third-order valence-electron chi connectivity index (χ3n) is 3.66. The van der Waals surface area contributed by atoms with Gasteiger partial charge < -0.3 is 15.5 Å². The van der Waals surface area contributed by atoms with Crippen molar-refractivity contribution in [2.75, 3.05) is 20.1 Å². The number of rotatable bonds is 6. The van der Waals surface area contributed by atoms with Crippen molar-refractivity contribution >= 4 is 11.8 Å². The van der Waals surface area contributed by atoms with Crippen LogP contribution in [0.15, 0.2) is 12.4 Å². The molecular weight excluding hydrogens is 270 g/mol. The normalized spacial score (nSPS) is 17.9. The van der Waals surface area contributed by atoms with Crippen molar-refractivity contribution in [1.82, 2.24) is 25.3 Å². The second kappa shape index (κ2) is 6.71. The molecule has 116 valence electrons. The Kier molecular flexibility index (Phi) is 4.95. The number of likely N-dealkylation sites (tertiary alicyclic amines) is 1. The standard InChI is InChI=1S/C14H23N5O2/c1-10(8-19-6-4-5-12(19)20)17-14(21)13(15-2)11-7-16-18(3)9-11/h7,9-10,13,15H,4-6,8H2,1-3H3,(H,17,21). The summed E-state index contributed by atoms with van der Waals surface area (Å²) in [7, 11) is 3.56. The Morgan fingerprint density at radius 1 is 1.52 bits per heavy atom. The van der Waals surface area contributed by atoms with Crippen LogP contribution < -0.4 is 10.6 Å². The molecule has 0 bridgehead atoms. The Labute approximate surface area is 124 Å². The largest absolute Gasteiger partial charge is 0.350 e. The smallest absolute Gasteiger partial charge is 0.242 e. The second-order valence-electron chi connectivity index (χ2n) is 5.52. The summed E-state index contributed by atoms with van der Waals surface area (Å²) in [6.45, 7) is 3.27. The van der Waals surface area contributed by atoms with Crippen LogP contribution in [0.5, 0.6) is 0 Å². The highest BCUT2D eigenvalue weighted by Gasteiger charge is 2.25. The summed E-state index contributed by atoms with van der Waals surface area (Å²) in [4.78, 5) is 25.7. The van der Waals surface area contributed by atoms with Crippen LogP contribution in [0, 0.1) is 0 Å². The van der Waals surface area contributed by atoms with Gasteiger partial charge in [-0.2, -0.15) is 5.10 Å². The molecule has 7 heteroatoms. The molecule has 1 aromatic rings. The summed E-state index contributed by atoms with van der Waals surface area (Å²) in [6.07, 6.45) is 5.02. The van der Waals surface area contributed by atoms with E-state index in [-0.39, 0.29) is 17.9 Å². The van der Waals surface area contributed by atoms with Crippen LogP contribution in [-0.2, 0) is 16.6 Å². The van der Waals surface area contributed by atoms with Crippen LogP contribution in [0.3, 0.4) is 0 Å². The molecule has 0 saturated carbocycles.